The number of benzene rings is 2. The number of hydrogen-bond donors (Lipinski definition) is 0. The summed E-state index contributed by atoms with van der Waals surface area (Å²) in [7, 11) is 4.01. The Labute approximate surface area is 188 Å². The van der Waals surface area contributed by atoms with Crippen LogP contribution < -0.4 is 14.5 Å². The first-order valence-corrected chi connectivity index (χ1v) is 11.6. The van der Waals surface area contributed by atoms with Crippen LogP contribution in [0.5, 0.6) is 5.75 Å². The van der Waals surface area contributed by atoms with E-state index in [0.29, 0.717) is 20.9 Å². The van der Waals surface area contributed by atoms with Crippen molar-refractivity contribution in [1.82, 2.24) is 10.2 Å². The molecule has 156 valence electrons. The van der Waals surface area contributed by atoms with Gasteiger partial charge >= 0.3 is 0 Å². The summed E-state index contributed by atoms with van der Waals surface area (Å²) in [6.45, 7) is 2.22. The summed E-state index contributed by atoms with van der Waals surface area (Å²) >= 11 is 9.04. The minimum atomic E-state index is -0.102. The number of halogens is 1. The fraction of sp³-hybridized carbons (Fsp3) is 0.286. The van der Waals surface area contributed by atoms with Crippen LogP contribution in [0.1, 0.15) is 21.5 Å². The van der Waals surface area contributed by atoms with Crippen molar-refractivity contribution in [2.45, 2.75) is 18.9 Å². The lowest BCUT2D eigenvalue weighted by Crippen LogP contribution is -2.27. The van der Waals surface area contributed by atoms with E-state index in [1.807, 2.05) is 44.1 Å². The zero-order valence-electron chi connectivity index (χ0n) is 16.8. The van der Waals surface area contributed by atoms with Crippen molar-refractivity contribution in [2.75, 3.05) is 29.6 Å². The Morgan fingerprint density at radius 1 is 1.20 bits per heavy atom. The Kier molecular flexibility index (Phi) is 6.17. The standard InChI is InChI=1S/C21H21ClN4O2S2/c1-13-10-16(8-9-17(13)22)28-11-18-23-24-21(30-18)26-19(27)12-29-20(26)14-4-6-15(7-5-14)25(2)3/h4-10,20H,11-12H2,1-3H3. The molecule has 2 heterocycles. The molecular formula is C21H21ClN4O2S2. The predicted molar refractivity (Wildman–Crippen MR) is 124 cm³/mol. The predicted octanol–water partition coefficient (Wildman–Crippen LogP) is 4.92. The molecule has 3 aromatic rings. The van der Waals surface area contributed by atoms with E-state index in [4.69, 9.17) is 16.3 Å². The lowest BCUT2D eigenvalue weighted by atomic mass is 10.2. The lowest BCUT2D eigenvalue weighted by Gasteiger charge is -2.22. The van der Waals surface area contributed by atoms with Crippen LogP contribution in [0.2, 0.25) is 5.02 Å². The molecule has 1 fully saturated rings. The zero-order chi connectivity index (χ0) is 21.3. The fourth-order valence-electron chi connectivity index (χ4n) is 3.07. The Morgan fingerprint density at radius 2 is 1.97 bits per heavy atom. The third-order valence-corrected chi connectivity index (χ3v) is 7.25. The van der Waals surface area contributed by atoms with Crippen LogP contribution in [0.3, 0.4) is 0 Å². The second kappa shape index (κ2) is 8.83. The average molecular weight is 461 g/mol. The third kappa shape index (κ3) is 4.40. The Hall–Kier alpha value is -2.29. The number of thioether (sulfide) groups is 1. The third-order valence-electron chi connectivity index (χ3n) is 4.72. The van der Waals surface area contributed by atoms with E-state index >= 15 is 0 Å². The van der Waals surface area contributed by atoms with Crippen LogP contribution >= 0.6 is 34.7 Å². The fourth-order valence-corrected chi connectivity index (χ4v) is 5.20. The molecule has 0 N–H and O–H groups in total. The average Bonchev–Trinajstić information content (AvgIpc) is 3.35. The van der Waals surface area contributed by atoms with Gasteiger partial charge in [0.25, 0.3) is 0 Å². The van der Waals surface area contributed by atoms with Crippen molar-refractivity contribution in [1.29, 1.82) is 0 Å². The van der Waals surface area contributed by atoms with Gasteiger partial charge in [0.05, 0.1) is 5.75 Å². The first-order valence-electron chi connectivity index (χ1n) is 9.34. The van der Waals surface area contributed by atoms with Gasteiger partial charge in [-0.15, -0.1) is 22.0 Å². The number of amides is 1. The molecule has 0 radical (unpaired) electrons. The zero-order valence-corrected chi connectivity index (χ0v) is 19.2. The molecule has 1 saturated heterocycles. The van der Waals surface area contributed by atoms with Gasteiger partial charge in [0.2, 0.25) is 11.0 Å². The molecule has 1 unspecified atom stereocenters. The monoisotopic (exact) mass is 460 g/mol. The van der Waals surface area contributed by atoms with E-state index in [1.165, 1.54) is 11.3 Å². The van der Waals surface area contributed by atoms with E-state index in [2.05, 4.69) is 34.5 Å². The molecule has 30 heavy (non-hydrogen) atoms. The molecule has 0 bridgehead atoms. The number of anilines is 2. The van der Waals surface area contributed by atoms with Crippen LogP contribution in [0.4, 0.5) is 10.8 Å². The molecule has 0 spiro atoms. The van der Waals surface area contributed by atoms with Gasteiger partial charge in [0.15, 0.2) is 5.01 Å². The van der Waals surface area contributed by atoms with Gasteiger partial charge in [-0.3, -0.25) is 9.69 Å². The number of hydrogen-bond acceptors (Lipinski definition) is 7. The summed E-state index contributed by atoms with van der Waals surface area (Å²) in [5.41, 5.74) is 3.14. The van der Waals surface area contributed by atoms with E-state index in [1.54, 1.807) is 16.7 Å². The highest BCUT2D eigenvalue weighted by molar-refractivity contribution is 8.00. The van der Waals surface area contributed by atoms with Crippen LogP contribution in [0.15, 0.2) is 42.5 Å². The molecule has 2 aromatic carbocycles. The first-order chi connectivity index (χ1) is 14.4. The van der Waals surface area contributed by atoms with E-state index < -0.39 is 0 Å². The number of carbonyl (C=O) groups excluding carboxylic acids is 1. The number of ether oxygens (including phenoxy) is 1. The van der Waals surface area contributed by atoms with Gasteiger partial charge in [-0.1, -0.05) is 35.1 Å². The molecule has 1 atom stereocenters. The molecular weight excluding hydrogens is 440 g/mol. The van der Waals surface area contributed by atoms with Gasteiger partial charge in [0, 0.05) is 24.8 Å². The minimum Gasteiger partial charge on any atom is -0.486 e. The number of aryl methyl sites for hydroxylation is 1. The quantitative estimate of drug-likeness (QED) is 0.520. The Balaban J connectivity index is 1.49. The molecule has 9 heteroatoms. The molecule has 1 amide bonds. The summed E-state index contributed by atoms with van der Waals surface area (Å²) < 4.78 is 5.81. The molecule has 1 aromatic heterocycles. The summed E-state index contributed by atoms with van der Waals surface area (Å²) in [6.07, 6.45) is 0. The summed E-state index contributed by atoms with van der Waals surface area (Å²) in [5, 5.41) is 10.4. The lowest BCUT2D eigenvalue weighted by molar-refractivity contribution is -0.115. The van der Waals surface area contributed by atoms with Crippen LogP contribution in [-0.2, 0) is 11.4 Å². The van der Waals surface area contributed by atoms with Crippen molar-refractivity contribution in [3.63, 3.8) is 0 Å². The largest absolute Gasteiger partial charge is 0.486 e. The topological polar surface area (TPSA) is 58.6 Å². The van der Waals surface area contributed by atoms with Crippen LogP contribution in [-0.4, -0.2) is 36.0 Å². The molecule has 1 aliphatic heterocycles. The smallest absolute Gasteiger partial charge is 0.240 e. The first kappa shape index (κ1) is 21.0. The summed E-state index contributed by atoms with van der Waals surface area (Å²) in [5.74, 6) is 1.19. The van der Waals surface area contributed by atoms with Gasteiger partial charge in [0.1, 0.15) is 17.7 Å². The number of carbonyl (C=O) groups is 1. The van der Waals surface area contributed by atoms with Crippen molar-refractivity contribution < 1.29 is 9.53 Å². The highest BCUT2D eigenvalue weighted by Gasteiger charge is 2.36. The normalized spacial score (nSPS) is 16.2. The van der Waals surface area contributed by atoms with Gasteiger partial charge in [-0.05, 0) is 48.4 Å². The van der Waals surface area contributed by atoms with Crippen LogP contribution in [0, 0.1) is 6.92 Å². The van der Waals surface area contributed by atoms with E-state index in [9.17, 15) is 4.79 Å². The Bertz CT molecular complexity index is 1060. The van der Waals surface area contributed by atoms with E-state index in [-0.39, 0.29) is 17.9 Å². The summed E-state index contributed by atoms with van der Waals surface area (Å²) in [4.78, 5) is 16.4. The summed E-state index contributed by atoms with van der Waals surface area (Å²) in [6, 6.07) is 13.8. The molecule has 6 nitrogen and oxygen atoms in total. The molecule has 0 aliphatic carbocycles. The van der Waals surface area contributed by atoms with Crippen molar-refractivity contribution in [3.05, 3.63) is 63.6 Å². The van der Waals surface area contributed by atoms with E-state index in [0.717, 1.165) is 22.6 Å². The molecule has 1 aliphatic rings. The van der Waals surface area contributed by atoms with Gasteiger partial charge in [-0.2, -0.15) is 0 Å². The maximum atomic E-state index is 12.6. The van der Waals surface area contributed by atoms with Crippen molar-refractivity contribution in [2.24, 2.45) is 0 Å². The maximum absolute atomic E-state index is 12.6. The van der Waals surface area contributed by atoms with Crippen LogP contribution in [0.25, 0.3) is 0 Å². The highest BCUT2D eigenvalue weighted by Crippen LogP contribution is 2.43. The number of rotatable bonds is 6. The van der Waals surface area contributed by atoms with Gasteiger partial charge in [-0.25, -0.2) is 0 Å². The molecule has 4 rings (SSSR count). The Morgan fingerprint density at radius 3 is 2.67 bits per heavy atom. The second-order valence-corrected chi connectivity index (χ2v) is 9.61. The minimum absolute atomic E-state index is 0.0404. The molecule has 0 saturated carbocycles. The number of aromatic nitrogens is 2. The number of nitrogens with zero attached hydrogens (tertiary/aromatic N) is 4. The van der Waals surface area contributed by atoms with Crippen molar-refractivity contribution >= 4 is 51.4 Å². The van der Waals surface area contributed by atoms with Gasteiger partial charge < -0.3 is 9.64 Å². The SMILES string of the molecule is Cc1cc(OCc2nnc(N3C(=O)CSC3c3ccc(N(C)C)cc3)s2)ccc1Cl. The van der Waals surface area contributed by atoms with Crippen molar-refractivity contribution in [3.8, 4) is 5.75 Å². The maximum Gasteiger partial charge on any atom is 0.240 e. The second-order valence-electron chi connectivity index (χ2n) is 7.09. The highest BCUT2D eigenvalue weighted by atomic mass is 35.5.